The lowest BCUT2D eigenvalue weighted by molar-refractivity contribution is -0.140. The maximum atomic E-state index is 14.2. The second kappa shape index (κ2) is 15.3. The molecule has 0 heterocycles. The van der Waals surface area contributed by atoms with E-state index in [2.05, 4.69) is 5.32 Å². The maximum Gasteiger partial charge on any atom is 0.264 e. The first kappa shape index (κ1) is 34.0. The summed E-state index contributed by atoms with van der Waals surface area (Å²) in [7, 11) is -1.47. The van der Waals surface area contributed by atoms with Gasteiger partial charge in [-0.15, -0.1) is 0 Å². The first-order chi connectivity index (χ1) is 20.4. The second-order valence-corrected chi connectivity index (χ2v) is 13.0. The van der Waals surface area contributed by atoms with Crippen LogP contribution >= 0.6 is 23.2 Å². The van der Waals surface area contributed by atoms with Crippen molar-refractivity contribution in [1.29, 1.82) is 0 Å². The number of hydrogen-bond acceptors (Lipinski definition) is 6. The van der Waals surface area contributed by atoms with Gasteiger partial charge in [-0.05, 0) is 66.4 Å². The minimum atomic E-state index is -4.32. The van der Waals surface area contributed by atoms with Crippen LogP contribution in [-0.2, 0) is 26.2 Å². The van der Waals surface area contributed by atoms with Crippen molar-refractivity contribution in [3.05, 3.63) is 82.3 Å². The Hall–Kier alpha value is -3.47. The fraction of sp³-hybridized carbons (Fsp3) is 0.355. The molecule has 9 nitrogen and oxygen atoms in total. The van der Waals surface area contributed by atoms with Gasteiger partial charge in [0.1, 0.15) is 12.6 Å². The molecule has 3 aromatic carbocycles. The number of sulfonamides is 1. The Labute approximate surface area is 263 Å². The van der Waals surface area contributed by atoms with Gasteiger partial charge in [0.2, 0.25) is 11.8 Å². The number of rotatable bonds is 14. The Balaban J connectivity index is 2.08. The first-order valence-corrected chi connectivity index (χ1v) is 15.9. The Morgan fingerprint density at radius 2 is 1.47 bits per heavy atom. The number of carbonyl (C=O) groups excluding carboxylic acids is 2. The highest BCUT2D eigenvalue weighted by atomic mass is 35.5. The van der Waals surface area contributed by atoms with Gasteiger partial charge < -0.3 is 19.7 Å². The number of ether oxygens (including phenoxy) is 2. The van der Waals surface area contributed by atoms with Crippen molar-refractivity contribution in [2.45, 2.75) is 44.7 Å². The van der Waals surface area contributed by atoms with Crippen LogP contribution in [0, 0.1) is 5.92 Å². The van der Waals surface area contributed by atoms with Crippen molar-refractivity contribution in [2.24, 2.45) is 5.92 Å². The third-order valence-corrected chi connectivity index (χ3v) is 8.95. The van der Waals surface area contributed by atoms with E-state index in [1.165, 1.54) is 61.6 Å². The Morgan fingerprint density at radius 3 is 2.00 bits per heavy atom. The van der Waals surface area contributed by atoms with Crippen LogP contribution in [0.15, 0.2) is 71.6 Å². The standard InChI is InChI=1S/C31H37Cl2N3O6S/c1-6-27(31(38)34-18-21(2)3)35(19-22-7-9-23(32)10-8-22)30(37)20-36(25-13-11-24(33)12-14-25)43(39,40)26-15-16-28(41-4)29(17-26)42-5/h7-17,21,27H,6,18-20H2,1-5H3,(H,34,38)/t27-/m1/s1. The predicted octanol–water partition coefficient (Wildman–Crippen LogP) is 5.79. The molecule has 2 amide bonds. The molecule has 0 aliphatic carbocycles. The monoisotopic (exact) mass is 649 g/mol. The molecule has 0 bridgehead atoms. The van der Waals surface area contributed by atoms with E-state index in [1.807, 2.05) is 13.8 Å². The van der Waals surface area contributed by atoms with Gasteiger partial charge in [0, 0.05) is 29.2 Å². The van der Waals surface area contributed by atoms with E-state index in [0.717, 1.165) is 9.87 Å². The fourth-order valence-electron chi connectivity index (χ4n) is 4.37. The molecule has 0 spiro atoms. The highest BCUT2D eigenvalue weighted by molar-refractivity contribution is 7.92. The SMILES string of the molecule is CC[C@H](C(=O)NCC(C)C)N(Cc1ccc(Cl)cc1)C(=O)CN(c1ccc(Cl)cc1)S(=O)(=O)c1ccc(OC)c(OC)c1. The van der Waals surface area contributed by atoms with Crippen molar-refractivity contribution in [1.82, 2.24) is 10.2 Å². The van der Waals surface area contributed by atoms with Crippen LogP contribution in [0.4, 0.5) is 5.69 Å². The van der Waals surface area contributed by atoms with Crippen LogP contribution in [0.5, 0.6) is 11.5 Å². The predicted molar refractivity (Wildman–Crippen MR) is 169 cm³/mol. The third-order valence-electron chi connectivity index (χ3n) is 6.67. The van der Waals surface area contributed by atoms with Gasteiger partial charge in [0.05, 0.1) is 24.8 Å². The molecule has 0 unspecified atom stereocenters. The van der Waals surface area contributed by atoms with Crippen molar-refractivity contribution in [3.8, 4) is 11.5 Å². The summed E-state index contributed by atoms with van der Waals surface area (Å²) in [6.07, 6.45) is 0.312. The summed E-state index contributed by atoms with van der Waals surface area (Å²) in [4.78, 5) is 28.8. The molecule has 12 heteroatoms. The summed E-state index contributed by atoms with van der Waals surface area (Å²) >= 11 is 12.2. The molecule has 232 valence electrons. The van der Waals surface area contributed by atoms with Gasteiger partial charge in [0.15, 0.2) is 11.5 Å². The van der Waals surface area contributed by atoms with E-state index < -0.39 is 28.5 Å². The zero-order valence-corrected chi connectivity index (χ0v) is 27.2. The second-order valence-electron chi connectivity index (χ2n) is 10.2. The Bertz CT molecular complexity index is 1500. The first-order valence-electron chi connectivity index (χ1n) is 13.7. The number of anilines is 1. The maximum absolute atomic E-state index is 14.2. The molecule has 1 atom stereocenters. The Morgan fingerprint density at radius 1 is 0.884 bits per heavy atom. The molecule has 1 N–H and O–H groups in total. The summed E-state index contributed by atoms with van der Waals surface area (Å²) < 4.78 is 39.8. The van der Waals surface area contributed by atoms with Gasteiger partial charge in [-0.25, -0.2) is 8.42 Å². The zero-order chi connectivity index (χ0) is 31.7. The van der Waals surface area contributed by atoms with Crippen LogP contribution in [0.3, 0.4) is 0 Å². The van der Waals surface area contributed by atoms with Crippen LogP contribution in [-0.4, -0.2) is 58.5 Å². The van der Waals surface area contributed by atoms with Gasteiger partial charge in [-0.2, -0.15) is 0 Å². The number of hydrogen-bond donors (Lipinski definition) is 1. The topological polar surface area (TPSA) is 105 Å². The highest BCUT2D eigenvalue weighted by Gasteiger charge is 2.34. The third kappa shape index (κ3) is 8.78. The van der Waals surface area contributed by atoms with Crippen LogP contribution < -0.4 is 19.1 Å². The number of halogens is 2. The number of nitrogens with one attached hydrogen (secondary N) is 1. The summed E-state index contributed by atoms with van der Waals surface area (Å²) in [5.41, 5.74) is 0.949. The lowest BCUT2D eigenvalue weighted by Gasteiger charge is -2.33. The number of carbonyl (C=O) groups is 2. The van der Waals surface area contributed by atoms with Gasteiger partial charge >= 0.3 is 0 Å². The van der Waals surface area contributed by atoms with E-state index in [-0.39, 0.29) is 34.7 Å². The average Bonchev–Trinajstić information content (AvgIpc) is 2.99. The largest absolute Gasteiger partial charge is 0.493 e. The fourth-order valence-corrected chi connectivity index (χ4v) is 6.05. The minimum absolute atomic E-state index is 0.0640. The molecule has 0 saturated heterocycles. The zero-order valence-electron chi connectivity index (χ0n) is 24.8. The Kier molecular flexibility index (Phi) is 12.1. The van der Waals surface area contributed by atoms with Crippen molar-refractivity contribution in [2.75, 3.05) is 31.6 Å². The summed E-state index contributed by atoms with van der Waals surface area (Å²) in [5.74, 6) is -0.125. The van der Waals surface area contributed by atoms with E-state index >= 15 is 0 Å². The lowest BCUT2D eigenvalue weighted by Crippen LogP contribution is -2.52. The minimum Gasteiger partial charge on any atom is -0.493 e. The van der Waals surface area contributed by atoms with E-state index in [0.29, 0.717) is 28.8 Å². The summed E-state index contributed by atoms with van der Waals surface area (Å²) in [5, 5.41) is 3.83. The van der Waals surface area contributed by atoms with Crippen molar-refractivity contribution in [3.63, 3.8) is 0 Å². The van der Waals surface area contributed by atoms with E-state index in [9.17, 15) is 18.0 Å². The molecule has 0 aromatic heterocycles. The summed E-state index contributed by atoms with van der Waals surface area (Å²) in [6.45, 7) is 5.66. The van der Waals surface area contributed by atoms with Crippen molar-refractivity contribution >= 4 is 50.7 Å². The van der Waals surface area contributed by atoms with E-state index in [1.54, 1.807) is 31.2 Å². The molecular formula is C31H37Cl2N3O6S. The van der Waals surface area contributed by atoms with Crippen LogP contribution in [0.25, 0.3) is 0 Å². The molecule has 0 saturated carbocycles. The van der Waals surface area contributed by atoms with E-state index in [4.69, 9.17) is 32.7 Å². The molecule has 0 aliphatic heterocycles. The normalized spacial score (nSPS) is 12.0. The van der Waals surface area contributed by atoms with Gasteiger partial charge in [-0.3, -0.25) is 13.9 Å². The molecule has 0 radical (unpaired) electrons. The molecule has 0 fully saturated rings. The summed E-state index contributed by atoms with van der Waals surface area (Å²) in [6, 6.07) is 16.4. The lowest BCUT2D eigenvalue weighted by atomic mass is 10.1. The number of benzene rings is 3. The van der Waals surface area contributed by atoms with Gasteiger partial charge in [-0.1, -0.05) is 56.1 Å². The van der Waals surface area contributed by atoms with Crippen LogP contribution in [0.1, 0.15) is 32.8 Å². The number of nitrogens with zero attached hydrogens (tertiary/aromatic N) is 2. The highest BCUT2D eigenvalue weighted by Crippen LogP contribution is 2.33. The smallest absolute Gasteiger partial charge is 0.264 e. The van der Waals surface area contributed by atoms with Gasteiger partial charge in [0.25, 0.3) is 10.0 Å². The molecular weight excluding hydrogens is 613 g/mol. The molecule has 3 rings (SSSR count). The molecule has 43 heavy (non-hydrogen) atoms. The average molecular weight is 651 g/mol. The van der Waals surface area contributed by atoms with Crippen molar-refractivity contribution < 1.29 is 27.5 Å². The van der Waals surface area contributed by atoms with Crippen LogP contribution in [0.2, 0.25) is 10.0 Å². The number of amides is 2. The number of methoxy groups -OCH3 is 2. The molecule has 0 aliphatic rings. The molecule has 3 aromatic rings. The quantitative estimate of drug-likeness (QED) is 0.237.